The number of benzene rings is 2. The monoisotopic (exact) mass is 1090 g/mol. The van der Waals surface area contributed by atoms with E-state index in [1.165, 1.54) is 62.5 Å². The molecule has 1 saturated carbocycles. The summed E-state index contributed by atoms with van der Waals surface area (Å²) in [6.45, 7) is 9.13. The first-order chi connectivity index (χ1) is 35.9. The fraction of sp³-hybridized carbons (Fsp3) is 0.612. The Bertz CT molecular complexity index is 2430. The van der Waals surface area contributed by atoms with Crippen LogP contribution in [0.2, 0.25) is 0 Å². The number of aliphatic hydroxyl groups is 4. The van der Waals surface area contributed by atoms with Crippen molar-refractivity contribution in [1.82, 2.24) is 26.2 Å². The number of nitrogens with zero attached hydrogens (tertiary/aromatic N) is 3. The van der Waals surface area contributed by atoms with E-state index in [2.05, 4.69) is 21.3 Å². The Balaban J connectivity index is 1.49. The molecule has 426 valence electrons. The van der Waals surface area contributed by atoms with E-state index in [0.29, 0.717) is 11.1 Å². The van der Waals surface area contributed by atoms with E-state index >= 15 is 0 Å². The van der Waals surface area contributed by atoms with E-state index in [-0.39, 0.29) is 42.9 Å². The van der Waals surface area contributed by atoms with Crippen LogP contribution < -0.4 is 27.0 Å². The summed E-state index contributed by atoms with van der Waals surface area (Å²) in [5.41, 5.74) is 2.73. The number of nitro groups is 2. The Hall–Kier alpha value is -6.79. The second-order valence-corrected chi connectivity index (χ2v) is 20.9. The van der Waals surface area contributed by atoms with E-state index in [1.54, 1.807) is 47.6 Å². The molecule has 2 aliphatic heterocycles. The number of amides is 5. The van der Waals surface area contributed by atoms with Crippen molar-refractivity contribution in [3.8, 4) is 0 Å². The molecule has 2 aromatic carbocycles. The lowest BCUT2D eigenvalue weighted by Gasteiger charge is -2.50. The van der Waals surface area contributed by atoms with Crippen molar-refractivity contribution < 1.29 is 87.4 Å². The summed E-state index contributed by atoms with van der Waals surface area (Å²) < 4.78 is 41.0. The van der Waals surface area contributed by atoms with Crippen LogP contribution in [0.5, 0.6) is 0 Å². The molecule has 2 aromatic rings. The molecular weight excluding hydrogens is 1020 g/mol. The lowest BCUT2D eigenvalue weighted by Crippen LogP contribution is -2.71. The Morgan fingerprint density at radius 1 is 0.818 bits per heavy atom. The third kappa shape index (κ3) is 17.6. The Morgan fingerprint density at radius 3 is 1.94 bits per heavy atom. The van der Waals surface area contributed by atoms with Gasteiger partial charge in [-0.05, 0) is 97.1 Å². The molecule has 0 radical (unpaired) electrons. The highest BCUT2D eigenvalue weighted by molar-refractivity contribution is 5.82. The summed E-state index contributed by atoms with van der Waals surface area (Å²) in [5, 5.41) is 79.7. The van der Waals surface area contributed by atoms with Crippen molar-refractivity contribution in [3.63, 3.8) is 0 Å². The number of carbonyl (C=O) groups excluding carboxylic acids is 5. The maximum absolute atomic E-state index is 13.8. The van der Waals surface area contributed by atoms with Crippen LogP contribution in [0.4, 0.5) is 25.8 Å². The highest BCUT2D eigenvalue weighted by atomic mass is 16.7. The molecule has 77 heavy (non-hydrogen) atoms. The number of nitrogens with one attached hydrogen (secondary N) is 4. The van der Waals surface area contributed by atoms with Crippen LogP contribution >= 0.6 is 0 Å². The number of rotatable bonds is 19. The minimum absolute atomic E-state index is 0.0705. The van der Waals surface area contributed by atoms with Gasteiger partial charge in [0.05, 0.1) is 53.7 Å². The van der Waals surface area contributed by atoms with Gasteiger partial charge in [0.2, 0.25) is 12.2 Å². The molecule has 3 aliphatic rings. The summed E-state index contributed by atoms with van der Waals surface area (Å²) in [7, 11) is 1.27. The van der Waals surface area contributed by atoms with E-state index in [4.69, 9.17) is 38.9 Å². The zero-order valence-corrected chi connectivity index (χ0v) is 43.9. The van der Waals surface area contributed by atoms with Gasteiger partial charge in [0.1, 0.15) is 59.7 Å². The molecule has 12 atom stereocenters. The van der Waals surface area contributed by atoms with Crippen molar-refractivity contribution in [2.45, 2.75) is 165 Å². The summed E-state index contributed by atoms with van der Waals surface area (Å²) in [6, 6.07) is 5.39. The molecule has 1 aliphatic carbocycles. The second kappa shape index (κ2) is 26.0. The van der Waals surface area contributed by atoms with Crippen LogP contribution in [0.25, 0.3) is 0 Å². The van der Waals surface area contributed by atoms with Gasteiger partial charge in [0, 0.05) is 37.7 Å². The molecule has 2 heterocycles. The molecule has 2 fully saturated rings. The first-order valence-corrected chi connectivity index (χ1v) is 24.6. The number of carbonyl (C=O) groups is 5. The lowest BCUT2D eigenvalue weighted by atomic mass is 9.82. The number of aryl methyl sites for hydroxylation is 1. The second-order valence-electron chi connectivity index (χ2n) is 20.9. The molecular formula is C49H70N8O20. The Labute approximate surface area is 443 Å². The number of alkyl carbamates (subject to hydrolysis) is 2. The van der Waals surface area contributed by atoms with Gasteiger partial charge in [-0.15, -0.1) is 0 Å². The first kappa shape index (κ1) is 61.1. The summed E-state index contributed by atoms with van der Waals surface area (Å²) in [6.07, 6.45) is -14.3. The number of nitro benzene ring substituents is 2. The predicted octanol–water partition coefficient (Wildman–Crippen LogP) is 1.41. The average molecular weight is 1090 g/mol. The van der Waals surface area contributed by atoms with Gasteiger partial charge in [-0.25, -0.2) is 14.4 Å². The lowest BCUT2D eigenvalue weighted by molar-refractivity contribution is -0.385. The van der Waals surface area contributed by atoms with Crippen LogP contribution in [-0.4, -0.2) is 176 Å². The molecule has 5 amide bonds. The van der Waals surface area contributed by atoms with Gasteiger partial charge in [-0.2, -0.15) is 0 Å². The van der Waals surface area contributed by atoms with Crippen LogP contribution in [0, 0.1) is 20.2 Å². The molecule has 5 rings (SSSR count). The van der Waals surface area contributed by atoms with Crippen LogP contribution in [0.15, 0.2) is 60.4 Å². The van der Waals surface area contributed by atoms with Crippen molar-refractivity contribution in [1.29, 1.82) is 0 Å². The Morgan fingerprint density at radius 2 is 1.38 bits per heavy atom. The maximum Gasteiger partial charge on any atom is 0.410 e. The number of hydrogen-bond donors (Lipinski definition) is 9. The fourth-order valence-corrected chi connectivity index (χ4v) is 8.59. The normalized spacial score (nSPS) is 26.8. The maximum atomic E-state index is 13.8. The van der Waals surface area contributed by atoms with Gasteiger partial charge in [-0.3, -0.25) is 29.8 Å². The third-order valence-electron chi connectivity index (χ3n) is 12.3. The first-order valence-electron chi connectivity index (χ1n) is 24.6. The van der Waals surface area contributed by atoms with Crippen molar-refractivity contribution in [2.75, 3.05) is 26.7 Å². The summed E-state index contributed by atoms with van der Waals surface area (Å²) in [4.78, 5) is 89.1. The molecule has 0 aromatic heterocycles. The zero-order chi connectivity index (χ0) is 57.2. The number of ether oxygens (including phenoxy) is 7. The molecule has 0 unspecified atom stereocenters. The van der Waals surface area contributed by atoms with Crippen molar-refractivity contribution in [2.24, 2.45) is 5.73 Å². The van der Waals surface area contributed by atoms with Crippen LogP contribution in [0.1, 0.15) is 78.9 Å². The van der Waals surface area contributed by atoms with Gasteiger partial charge in [0.25, 0.3) is 17.3 Å². The van der Waals surface area contributed by atoms with E-state index in [0.717, 1.165) is 4.90 Å². The van der Waals surface area contributed by atoms with Crippen molar-refractivity contribution >= 4 is 41.5 Å². The molecule has 28 nitrogen and oxygen atoms in total. The zero-order valence-electron chi connectivity index (χ0n) is 43.9. The quantitative estimate of drug-likeness (QED) is 0.0545. The highest BCUT2D eigenvalue weighted by Crippen LogP contribution is 2.35. The average Bonchev–Trinajstić information content (AvgIpc) is 3.34. The van der Waals surface area contributed by atoms with Gasteiger partial charge < -0.3 is 85.5 Å². The van der Waals surface area contributed by atoms with Gasteiger partial charge in [0.15, 0.2) is 6.29 Å². The molecule has 1 saturated heterocycles. The van der Waals surface area contributed by atoms with Gasteiger partial charge >= 0.3 is 18.3 Å². The van der Waals surface area contributed by atoms with E-state index < -0.39 is 150 Å². The number of non-ortho nitro benzene ring substituents is 2. The third-order valence-corrected chi connectivity index (χ3v) is 12.3. The van der Waals surface area contributed by atoms with Crippen molar-refractivity contribution in [3.05, 3.63) is 91.7 Å². The smallest absolute Gasteiger partial charge is 0.410 e. The largest absolute Gasteiger partial charge is 0.466 e. The number of hydrogen-bond acceptors (Lipinski definition) is 21. The number of likely N-dealkylation sites (N-methyl/N-ethyl adjacent to an activating group) is 1. The molecule has 0 bridgehead atoms. The van der Waals surface area contributed by atoms with E-state index in [9.17, 15) is 64.6 Å². The molecule has 0 spiro atoms. The highest BCUT2D eigenvalue weighted by Gasteiger charge is 2.55. The number of nitrogens with two attached hydrogens (primary N) is 1. The molecule has 10 N–H and O–H groups in total. The standard InChI is InChI=1S/C49H70N8O20/c1-47(2,3)76-44(63)51-23-34(58)41(62)53-32-21-33(54-45(64)71-24-27-11-16-29(17-12-27)57(69)70)39(36(60)38(32)75-43-37(61)40(49(7,66)25-72-43)55(8)46(65)77-48(4,5)6)74-42-31(19-18-30(22-50)73-42)52-35(59)20-13-26-9-14-28(15-10-26)56(67)68/h9-12,14-18,31-34,36-40,42-43,58,60-61,66H,13,19-25,50H2,1-8H3,(H,51,63)(H,52,59)(H,53,62)(H,54,64)/t31-,32-,33+,34+,36-,37-,38+,39-,40-,42-,43-,49+/m1/s1. The minimum atomic E-state index is -2.01. The van der Waals surface area contributed by atoms with Gasteiger partial charge in [-0.1, -0.05) is 12.1 Å². The Kier molecular flexibility index (Phi) is 20.6. The predicted molar refractivity (Wildman–Crippen MR) is 267 cm³/mol. The topological polar surface area (TPSA) is 395 Å². The van der Waals surface area contributed by atoms with Crippen LogP contribution in [-0.2, 0) is 55.8 Å². The fourth-order valence-electron chi connectivity index (χ4n) is 8.59. The summed E-state index contributed by atoms with van der Waals surface area (Å²) in [5.74, 6) is -1.43. The summed E-state index contributed by atoms with van der Waals surface area (Å²) >= 11 is 0. The number of aliphatic hydroxyl groups excluding tert-OH is 3. The SMILES string of the molecule is CN(C(=O)OC(C)(C)C)[C@@H]1[C@@H](O)[C@@H](O[C@@H]2[C@@H](O)[C@H](O[C@H]3OC(CN)=CC[C@H]3NC(=O)CCc3ccc([N+](=O)[O-])cc3)[C@@H](NC(=O)OCc3ccc([N+](=O)[O-])cc3)C[C@H]2NC(=O)[C@@H](O)CNC(=O)OC(C)(C)C)OC[C@]1(C)O. The van der Waals surface area contributed by atoms with E-state index in [1.807, 2.05) is 0 Å². The van der Waals surface area contributed by atoms with Crippen LogP contribution in [0.3, 0.4) is 0 Å². The molecule has 28 heteroatoms. The minimum Gasteiger partial charge on any atom is -0.466 e.